The van der Waals surface area contributed by atoms with Crippen molar-refractivity contribution in [3.63, 3.8) is 0 Å². The number of hydrogen-bond acceptors (Lipinski definition) is 2. The van der Waals surface area contributed by atoms with Crippen LogP contribution in [0.2, 0.25) is 0 Å². The van der Waals surface area contributed by atoms with Gasteiger partial charge in [-0.25, -0.2) is 0 Å². The number of alkyl halides is 1. The van der Waals surface area contributed by atoms with E-state index in [4.69, 9.17) is 4.74 Å². The molecule has 62 valence electrons. The van der Waals surface area contributed by atoms with E-state index in [0.29, 0.717) is 6.42 Å². The van der Waals surface area contributed by atoms with Gasteiger partial charge >= 0.3 is 5.97 Å². The van der Waals surface area contributed by atoms with Crippen molar-refractivity contribution in [3.05, 3.63) is 12.2 Å². The van der Waals surface area contributed by atoms with Crippen molar-refractivity contribution < 1.29 is 9.53 Å². The summed E-state index contributed by atoms with van der Waals surface area (Å²) in [4.78, 5) is 10.8. The van der Waals surface area contributed by atoms with Crippen molar-refractivity contribution in [2.45, 2.75) is 25.4 Å². The first kappa shape index (κ1) is 8.78. The van der Waals surface area contributed by atoms with Gasteiger partial charge in [0.25, 0.3) is 0 Å². The van der Waals surface area contributed by atoms with Crippen LogP contribution in [-0.2, 0) is 9.53 Å². The Labute approximate surface area is 74.7 Å². The normalized spacial score (nSPS) is 25.5. The van der Waals surface area contributed by atoms with Crippen LogP contribution in [0.1, 0.15) is 19.3 Å². The first-order chi connectivity index (χ1) is 5.33. The molecule has 0 amide bonds. The predicted octanol–water partition coefficient (Wildman–Crippen LogP) is 2.03. The minimum Gasteiger partial charge on any atom is -0.458 e. The lowest BCUT2D eigenvalue weighted by molar-refractivity contribution is -0.150. The zero-order chi connectivity index (χ0) is 8.10. The monoisotopic (exact) mass is 218 g/mol. The van der Waals surface area contributed by atoms with Gasteiger partial charge in [0.05, 0.1) is 0 Å². The average Bonchev–Trinajstić information content (AvgIpc) is 2.01. The Kier molecular flexibility index (Phi) is 3.63. The zero-order valence-corrected chi connectivity index (χ0v) is 7.84. The molecule has 0 aliphatic carbocycles. The molecule has 1 rings (SSSR count). The van der Waals surface area contributed by atoms with Gasteiger partial charge in [-0.3, -0.25) is 4.79 Å². The summed E-state index contributed by atoms with van der Waals surface area (Å²) in [6.45, 7) is 0. The van der Waals surface area contributed by atoms with Crippen molar-refractivity contribution in [2.75, 3.05) is 5.33 Å². The zero-order valence-electron chi connectivity index (χ0n) is 6.25. The molecule has 0 aromatic heterocycles. The molecule has 0 aromatic rings. The van der Waals surface area contributed by atoms with E-state index in [1.54, 1.807) is 0 Å². The summed E-state index contributed by atoms with van der Waals surface area (Å²) >= 11 is 3.26. The second-order valence-corrected chi connectivity index (χ2v) is 3.15. The lowest BCUT2D eigenvalue weighted by atomic mass is 10.1. The smallest absolute Gasteiger partial charge is 0.306 e. The van der Waals surface area contributed by atoms with Crippen molar-refractivity contribution in [1.29, 1.82) is 0 Å². The van der Waals surface area contributed by atoms with E-state index >= 15 is 0 Å². The lowest BCUT2D eigenvalue weighted by Gasteiger charge is -2.18. The molecule has 2 nitrogen and oxygen atoms in total. The predicted molar refractivity (Wildman–Crippen MR) is 46.7 cm³/mol. The van der Waals surface area contributed by atoms with E-state index in [1.807, 2.05) is 12.2 Å². The van der Waals surface area contributed by atoms with Crippen molar-refractivity contribution in [2.24, 2.45) is 0 Å². The quantitative estimate of drug-likeness (QED) is 0.403. The number of ether oxygens (including phenoxy) is 1. The Balaban J connectivity index is 2.34. The van der Waals surface area contributed by atoms with Gasteiger partial charge in [-0.05, 0) is 18.9 Å². The molecule has 0 saturated carbocycles. The highest BCUT2D eigenvalue weighted by atomic mass is 79.9. The summed E-state index contributed by atoms with van der Waals surface area (Å²) in [5, 5.41) is 0.820. The number of rotatable bonds is 2. The standard InChI is InChI=1S/C8H11BrO2/c9-6-2-4-7-3-1-5-8(10)11-7/h2,4,7H,1,3,5-6H2/b4-2+. The molecule has 1 aliphatic heterocycles. The van der Waals surface area contributed by atoms with E-state index < -0.39 is 0 Å². The molecule has 1 unspecified atom stereocenters. The fraction of sp³-hybridized carbons (Fsp3) is 0.625. The van der Waals surface area contributed by atoms with Gasteiger partial charge in [0, 0.05) is 11.8 Å². The summed E-state index contributed by atoms with van der Waals surface area (Å²) < 4.78 is 5.04. The number of allylic oxidation sites excluding steroid dienone is 1. The third kappa shape index (κ3) is 3.06. The first-order valence-corrected chi connectivity index (χ1v) is 4.87. The van der Waals surface area contributed by atoms with Gasteiger partial charge in [-0.15, -0.1) is 0 Å². The van der Waals surface area contributed by atoms with E-state index in [0.717, 1.165) is 18.2 Å². The maximum absolute atomic E-state index is 10.8. The van der Waals surface area contributed by atoms with E-state index in [9.17, 15) is 4.79 Å². The average molecular weight is 219 g/mol. The SMILES string of the molecule is O=C1CCCC(/C=C/CBr)O1. The van der Waals surface area contributed by atoms with Crippen LogP contribution >= 0.6 is 15.9 Å². The van der Waals surface area contributed by atoms with Gasteiger partial charge in [-0.2, -0.15) is 0 Å². The Bertz CT molecular complexity index is 165. The van der Waals surface area contributed by atoms with Crippen LogP contribution in [0.5, 0.6) is 0 Å². The van der Waals surface area contributed by atoms with E-state index in [-0.39, 0.29) is 12.1 Å². The molecule has 11 heavy (non-hydrogen) atoms. The molecule has 1 heterocycles. The van der Waals surface area contributed by atoms with Crippen LogP contribution in [0.4, 0.5) is 0 Å². The highest BCUT2D eigenvalue weighted by Crippen LogP contribution is 2.14. The Morgan fingerprint density at radius 2 is 2.55 bits per heavy atom. The summed E-state index contributed by atoms with van der Waals surface area (Å²) in [5.41, 5.74) is 0. The topological polar surface area (TPSA) is 26.3 Å². The molecule has 1 saturated heterocycles. The summed E-state index contributed by atoms with van der Waals surface area (Å²) in [6.07, 6.45) is 6.42. The van der Waals surface area contributed by atoms with Crippen molar-refractivity contribution >= 4 is 21.9 Å². The third-order valence-corrected chi connectivity index (χ3v) is 1.97. The van der Waals surface area contributed by atoms with E-state index in [1.165, 1.54) is 0 Å². The Morgan fingerprint density at radius 1 is 1.73 bits per heavy atom. The second-order valence-electron chi connectivity index (χ2n) is 2.50. The van der Waals surface area contributed by atoms with E-state index in [2.05, 4.69) is 15.9 Å². The van der Waals surface area contributed by atoms with Gasteiger partial charge in [-0.1, -0.05) is 22.0 Å². The molecule has 0 radical (unpaired) electrons. The Morgan fingerprint density at radius 3 is 3.18 bits per heavy atom. The van der Waals surface area contributed by atoms with Crippen LogP contribution < -0.4 is 0 Å². The van der Waals surface area contributed by atoms with Gasteiger partial charge in [0.1, 0.15) is 6.10 Å². The maximum Gasteiger partial charge on any atom is 0.306 e. The van der Waals surface area contributed by atoms with Crippen LogP contribution in [-0.4, -0.2) is 17.4 Å². The molecule has 3 heteroatoms. The highest BCUT2D eigenvalue weighted by Gasteiger charge is 2.16. The third-order valence-electron chi connectivity index (χ3n) is 1.59. The number of carbonyl (C=O) groups excluding carboxylic acids is 1. The summed E-state index contributed by atoms with van der Waals surface area (Å²) in [7, 11) is 0. The van der Waals surface area contributed by atoms with Gasteiger partial charge in [0.15, 0.2) is 0 Å². The molecule has 1 fully saturated rings. The number of hydrogen-bond donors (Lipinski definition) is 0. The molecular formula is C8H11BrO2. The minimum atomic E-state index is -0.0690. The molecular weight excluding hydrogens is 208 g/mol. The van der Waals surface area contributed by atoms with Crippen LogP contribution in [0.3, 0.4) is 0 Å². The lowest BCUT2D eigenvalue weighted by Crippen LogP contribution is -2.21. The van der Waals surface area contributed by atoms with Crippen molar-refractivity contribution in [1.82, 2.24) is 0 Å². The molecule has 0 N–H and O–H groups in total. The van der Waals surface area contributed by atoms with Crippen LogP contribution in [0.25, 0.3) is 0 Å². The Hall–Kier alpha value is -0.310. The molecule has 1 aliphatic rings. The summed E-state index contributed by atoms with van der Waals surface area (Å²) in [6, 6.07) is 0. The summed E-state index contributed by atoms with van der Waals surface area (Å²) in [5.74, 6) is -0.0690. The van der Waals surface area contributed by atoms with Gasteiger partial charge in [0.2, 0.25) is 0 Å². The number of esters is 1. The van der Waals surface area contributed by atoms with Crippen molar-refractivity contribution in [3.8, 4) is 0 Å². The largest absolute Gasteiger partial charge is 0.458 e. The molecule has 0 spiro atoms. The fourth-order valence-corrected chi connectivity index (χ4v) is 1.29. The van der Waals surface area contributed by atoms with Crippen LogP contribution in [0, 0.1) is 0 Å². The van der Waals surface area contributed by atoms with Gasteiger partial charge < -0.3 is 4.74 Å². The number of halogens is 1. The highest BCUT2D eigenvalue weighted by molar-refractivity contribution is 9.09. The number of carbonyl (C=O) groups is 1. The second kappa shape index (κ2) is 4.54. The minimum absolute atomic E-state index is 0.0220. The maximum atomic E-state index is 10.8. The molecule has 0 aromatic carbocycles. The number of cyclic esters (lactones) is 1. The fourth-order valence-electron chi connectivity index (χ4n) is 1.07. The molecule has 1 atom stereocenters. The molecule has 0 bridgehead atoms. The van der Waals surface area contributed by atoms with Crippen LogP contribution in [0.15, 0.2) is 12.2 Å². The first-order valence-electron chi connectivity index (χ1n) is 3.75.